The first-order chi connectivity index (χ1) is 15.4. The first-order valence-corrected chi connectivity index (χ1v) is 11.0. The summed E-state index contributed by atoms with van der Waals surface area (Å²) < 4.78 is 5.81. The van der Waals surface area contributed by atoms with Crippen LogP contribution in [0.25, 0.3) is 17.1 Å². The predicted octanol–water partition coefficient (Wildman–Crippen LogP) is 5.36. The lowest BCUT2D eigenvalue weighted by atomic mass is 10.2. The third kappa shape index (κ3) is 4.15. The van der Waals surface area contributed by atoms with Crippen LogP contribution in [-0.4, -0.2) is 26.8 Å². The van der Waals surface area contributed by atoms with Crippen molar-refractivity contribution < 1.29 is 14.0 Å². The second kappa shape index (κ2) is 8.22. The Balaban J connectivity index is 1.30. The van der Waals surface area contributed by atoms with Gasteiger partial charge >= 0.3 is 6.03 Å². The summed E-state index contributed by atoms with van der Waals surface area (Å²) in [5.41, 5.74) is 3.96. The van der Waals surface area contributed by atoms with E-state index in [0.717, 1.165) is 27.1 Å². The summed E-state index contributed by atoms with van der Waals surface area (Å²) in [6.45, 7) is 2.18. The number of benzene rings is 2. The number of hydrogen-bond acceptors (Lipinski definition) is 5. The van der Waals surface area contributed by atoms with Crippen molar-refractivity contribution in [2.45, 2.75) is 23.7 Å². The van der Waals surface area contributed by atoms with Crippen molar-refractivity contribution in [2.75, 3.05) is 0 Å². The number of imidazole rings is 1. The van der Waals surface area contributed by atoms with Crippen molar-refractivity contribution in [3.05, 3.63) is 82.2 Å². The van der Waals surface area contributed by atoms with E-state index < -0.39 is 11.9 Å². The number of imide groups is 1. The molecule has 1 fully saturated rings. The molecule has 2 aromatic carbocycles. The number of halogens is 1. The van der Waals surface area contributed by atoms with Crippen molar-refractivity contribution in [1.29, 1.82) is 0 Å². The van der Waals surface area contributed by atoms with Crippen molar-refractivity contribution >= 4 is 52.4 Å². The summed E-state index contributed by atoms with van der Waals surface area (Å²) in [5.74, 6) is 0.0413. The van der Waals surface area contributed by atoms with Gasteiger partial charge in [-0.1, -0.05) is 29.8 Å². The van der Waals surface area contributed by atoms with Gasteiger partial charge in [-0.3, -0.25) is 9.69 Å². The third-order valence-corrected chi connectivity index (χ3v) is 5.98. The number of nitrogens with one attached hydrogen (secondary N) is 2. The van der Waals surface area contributed by atoms with E-state index in [4.69, 9.17) is 16.0 Å². The van der Waals surface area contributed by atoms with Gasteiger partial charge in [0, 0.05) is 11.1 Å². The van der Waals surface area contributed by atoms with Crippen molar-refractivity contribution in [3.63, 3.8) is 0 Å². The first kappa shape index (κ1) is 20.4. The molecule has 1 aliphatic heterocycles. The van der Waals surface area contributed by atoms with Gasteiger partial charge in [0.1, 0.15) is 11.5 Å². The number of urea groups is 1. The van der Waals surface area contributed by atoms with Crippen LogP contribution in [0.1, 0.15) is 16.9 Å². The number of nitrogens with zero attached hydrogens (tertiary/aromatic N) is 2. The largest absolute Gasteiger partial charge is 0.450 e. The quantitative estimate of drug-likeness (QED) is 0.306. The Morgan fingerprint density at radius 1 is 1.12 bits per heavy atom. The molecule has 1 saturated heterocycles. The molecule has 0 radical (unpaired) electrons. The summed E-state index contributed by atoms with van der Waals surface area (Å²) in [4.78, 5) is 33.9. The van der Waals surface area contributed by atoms with Gasteiger partial charge in [-0.15, -0.1) is 0 Å². The molecular weight excluding hydrogens is 448 g/mol. The Labute approximate surface area is 192 Å². The molecule has 9 heteroatoms. The number of H-pyrrole nitrogens is 1. The van der Waals surface area contributed by atoms with Gasteiger partial charge in [0.2, 0.25) is 0 Å². The maximum Gasteiger partial charge on any atom is 0.329 e. The summed E-state index contributed by atoms with van der Waals surface area (Å²) in [6, 6.07) is 16.1. The van der Waals surface area contributed by atoms with E-state index >= 15 is 0 Å². The van der Waals surface area contributed by atoms with Crippen molar-refractivity contribution in [3.8, 4) is 0 Å². The SMILES string of the molecule is Cc1ccc2nc(Sc3ccc(/C=C4\NC(=O)N(Cc5ccc(Cl)cc5)C4=O)o3)[nH]c2c1. The monoisotopic (exact) mass is 464 g/mol. The second-order valence-corrected chi connectivity index (χ2v) is 8.76. The van der Waals surface area contributed by atoms with E-state index in [1.165, 1.54) is 17.8 Å². The number of aryl methyl sites for hydroxylation is 1. The lowest BCUT2D eigenvalue weighted by molar-refractivity contribution is -0.123. The number of furan rings is 1. The van der Waals surface area contributed by atoms with Crippen LogP contribution in [-0.2, 0) is 11.3 Å². The highest BCUT2D eigenvalue weighted by Crippen LogP contribution is 2.30. The Morgan fingerprint density at radius 2 is 1.94 bits per heavy atom. The number of rotatable bonds is 5. The van der Waals surface area contributed by atoms with E-state index in [1.54, 1.807) is 36.4 Å². The van der Waals surface area contributed by atoms with Crippen LogP contribution in [0.2, 0.25) is 5.02 Å². The van der Waals surface area contributed by atoms with E-state index in [2.05, 4.69) is 15.3 Å². The maximum absolute atomic E-state index is 12.7. The van der Waals surface area contributed by atoms with Crippen LogP contribution in [0.4, 0.5) is 4.79 Å². The minimum atomic E-state index is -0.477. The number of aromatic amines is 1. The van der Waals surface area contributed by atoms with E-state index in [9.17, 15) is 9.59 Å². The van der Waals surface area contributed by atoms with Gasteiger partial charge in [-0.05, 0) is 66.2 Å². The molecule has 3 heterocycles. The van der Waals surface area contributed by atoms with Gasteiger partial charge in [0.15, 0.2) is 10.2 Å². The van der Waals surface area contributed by atoms with Gasteiger partial charge in [-0.2, -0.15) is 0 Å². The Hall–Kier alpha value is -3.49. The zero-order chi connectivity index (χ0) is 22.2. The molecule has 0 bridgehead atoms. The number of hydrogen-bond donors (Lipinski definition) is 2. The fourth-order valence-electron chi connectivity index (χ4n) is 3.34. The molecule has 2 aromatic heterocycles. The van der Waals surface area contributed by atoms with Crippen LogP contribution in [0.3, 0.4) is 0 Å². The van der Waals surface area contributed by atoms with Crippen molar-refractivity contribution in [2.24, 2.45) is 0 Å². The highest BCUT2D eigenvalue weighted by molar-refractivity contribution is 7.99. The zero-order valence-electron chi connectivity index (χ0n) is 16.9. The average Bonchev–Trinajstić information content (AvgIpc) is 3.44. The van der Waals surface area contributed by atoms with Gasteiger partial charge in [-0.25, -0.2) is 9.78 Å². The fraction of sp³-hybridized carbons (Fsp3) is 0.0870. The standard InChI is InChI=1S/C23H17ClN4O3S/c1-13-2-8-17-18(10-13)26-22(25-17)32-20-9-7-16(31-20)11-19-21(29)28(23(30)27-19)12-14-3-5-15(24)6-4-14/h2-11H,12H2,1H3,(H,25,26)(H,27,30)/b19-11-. The van der Waals surface area contributed by atoms with E-state index in [1.807, 2.05) is 25.1 Å². The Bertz CT molecular complexity index is 1370. The lowest BCUT2D eigenvalue weighted by Crippen LogP contribution is -2.30. The summed E-state index contributed by atoms with van der Waals surface area (Å²) in [7, 11) is 0. The van der Waals surface area contributed by atoms with E-state index in [0.29, 0.717) is 21.0 Å². The average molecular weight is 465 g/mol. The minimum Gasteiger partial charge on any atom is -0.450 e. The van der Waals surface area contributed by atoms with Crippen LogP contribution < -0.4 is 5.32 Å². The Morgan fingerprint density at radius 3 is 2.75 bits per heavy atom. The smallest absolute Gasteiger partial charge is 0.329 e. The zero-order valence-corrected chi connectivity index (χ0v) is 18.5. The van der Waals surface area contributed by atoms with Crippen LogP contribution in [0.15, 0.2) is 75.0 Å². The Kier molecular flexibility index (Phi) is 5.24. The number of carbonyl (C=O) groups excluding carboxylic acids is 2. The van der Waals surface area contributed by atoms with Gasteiger partial charge < -0.3 is 14.7 Å². The highest BCUT2D eigenvalue weighted by atomic mass is 35.5. The molecule has 0 spiro atoms. The molecule has 1 aliphatic rings. The van der Waals surface area contributed by atoms with Crippen LogP contribution in [0.5, 0.6) is 0 Å². The van der Waals surface area contributed by atoms with Crippen LogP contribution in [0, 0.1) is 6.92 Å². The molecule has 32 heavy (non-hydrogen) atoms. The molecule has 0 unspecified atom stereocenters. The predicted molar refractivity (Wildman–Crippen MR) is 122 cm³/mol. The number of fused-ring (bicyclic) bond motifs is 1. The minimum absolute atomic E-state index is 0.157. The topological polar surface area (TPSA) is 91.2 Å². The summed E-state index contributed by atoms with van der Waals surface area (Å²) in [5, 5.41) is 4.52. The van der Waals surface area contributed by atoms with Crippen molar-refractivity contribution in [1.82, 2.24) is 20.2 Å². The molecule has 5 rings (SSSR count). The first-order valence-electron chi connectivity index (χ1n) is 9.78. The highest BCUT2D eigenvalue weighted by Gasteiger charge is 2.33. The van der Waals surface area contributed by atoms with E-state index in [-0.39, 0.29) is 12.2 Å². The summed E-state index contributed by atoms with van der Waals surface area (Å²) in [6.07, 6.45) is 1.52. The van der Waals surface area contributed by atoms with Gasteiger partial charge in [0.05, 0.1) is 17.6 Å². The molecule has 160 valence electrons. The molecule has 7 nitrogen and oxygen atoms in total. The molecule has 3 amide bonds. The fourth-order valence-corrected chi connectivity index (χ4v) is 4.24. The normalized spacial score (nSPS) is 15.2. The maximum atomic E-state index is 12.7. The summed E-state index contributed by atoms with van der Waals surface area (Å²) >= 11 is 7.24. The molecular formula is C23H17ClN4O3S. The molecule has 0 atom stereocenters. The molecule has 0 saturated carbocycles. The lowest BCUT2D eigenvalue weighted by Gasteiger charge is -2.11. The number of aromatic nitrogens is 2. The second-order valence-electron chi connectivity index (χ2n) is 7.33. The number of amides is 3. The van der Waals surface area contributed by atoms with Crippen LogP contribution >= 0.6 is 23.4 Å². The third-order valence-electron chi connectivity index (χ3n) is 4.92. The van der Waals surface area contributed by atoms with Gasteiger partial charge in [0.25, 0.3) is 5.91 Å². The molecule has 0 aliphatic carbocycles. The molecule has 2 N–H and O–H groups in total. The molecule has 4 aromatic rings. The number of carbonyl (C=O) groups is 2.